The van der Waals surface area contributed by atoms with Crippen molar-refractivity contribution in [3.05, 3.63) is 54.1 Å². The third kappa shape index (κ3) is 6.81. The van der Waals surface area contributed by atoms with Crippen molar-refractivity contribution in [1.29, 1.82) is 0 Å². The van der Waals surface area contributed by atoms with E-state index in [4.69, 9.17) is 21.1 Å². The number of halogens is 1. The van der Waals surface area contributed by atoms with Gasteiger partial charge in [-0.15, -0.1) is 0 Å². The highest BCUT2D eigenvalue weighted by Crippen LogP contribution is 2.23. The SMILES string of the molecule is CCCCCCOC(C)C(=O)Oc1ccc(-c2ccc(C(=O)Cl)cc2)cc1. The van der Waals surface area contributed by atoms with Crippen molar-refractivity contribution < 1.29 is 19.1 Å². The van der Waals surface area contributed by atoms with Gasteiger partial charge in [0.25, 0.3) is 5.24 Å². The number of rotatable bonds is 10. The van der Waals surface area contributed by atoms with Gasteiger partial charge in [-0.05, 0) is 60.3 Å². The topological polar surface area (TPSA) is 52.6 Å². The van der Waals surface area contributed by atoms with Crippen LogP contribution in [0.3, 0.4) is 0 Å². The minimum atomic E-state index is -0.591. The Kier molecular flexibility index (Phi) is 8.49. The highest BCUT2D eigenvalue weighted by atomic mass is 35.5. The Hall–Kier alpha value is -2.17. The zero-order chi connectivity index (χ0) is 19.6. The van der Waals surface area contributed by atoms with Gasteiger partial charge in [0.1, 0.15) is 5.75 Å². The summed E-state index contributed by atoms with van der Waals surface area (Å²) in [4.78, 5) is 23.2. The van der Waals surface area contributed by atoms with E-state index in [0.717, 1.165) is 24.0 Å². The van der Waals surface area contributed by atoms with Gasteiger partial charge in [0.15, 0.2) is 6.10 Å². The van der Waals surface area contributed by atoms with Crippen molar-refractivity contribution in [1.82, 2.24) is 0 Å². The third-order valence-corrected chi connectivity index (χ3v) is 4.43. The maximum absolute atomic E-state index is 12.1. The molecule has 1 atom stereocenters. The zero-order valence-corrected chi connectivity index (χ0v) is 16.5. The van der Waals surface area contributed by atoms with E-state index in [0.29, 0.717) is 17.9 Å². The van der Waals surface area contributed by atoms with Crippen LogP contribution in [0.1, 0.15) is 49.9 Å². The number of hydrogen-bond donors (Lipinski definition) is 0. The number of ether oxygens (including phenoxy) is 2. The molecule has 4 nitrogen and oxygen atoms in total. The smallest absolute Gasteiger partial charge is 0.340 e. The monoisotopic (exact) mass is 388 g/mol. The van der Waals surface area contributed by atoms with Gasteiger partial charge >= 0.3 is 5.97 Å². The third-order valence-electron chi connectivity index (χ3n) is 4.22. The number of unbranched alkanes of at least 4 members (excludes halogenated alkanes) is 3. The molecule has 0 bridgehead atoms. The molecule has 0 saturated carbocycles. The van der Waals surface area contributed by atoms with Crippen LogP contribution in [0.2, 0.25) is 0 Å². The lowest BCUT2D eigenvalue weighted by atomic mass is 10.0. The van der Waals surface area contributed by atoms with Gasteiger partial charge < -0.3 is 9.47 Å². The molecular weight excluding hydrogens is 364 g/mol. The van der Waals surface area contributed by atoms with Gasteiger partial charge in [0.05, 0.1) is 0 Å². The van der Waals surface area contributed by atoms with Gasteiger partial charge in [-0.1, -0.05) is 50.5 Å². The normalized spacial score (nSPS) is 11.8. The van der Waals surface area contributed by atoms with Crippen LogP contribution in [0.15, 0.2) is 48.5 Å². The van der Waals surface area contributed by atoms with Crippen molar-refractivity contribution in [3.63, 3.8) is 0 Å². The quantitative estimate of drug-likeness (QED) is 0.229. The molecule has 1 unspecified atom stereocenters. The second-order valence-corrected chi connectivity index (χ2v) is 6.71. The van der Waals surface area contributed by atoms with Gasteiger partial charge in [0.2, 0.25) is 0 Å². The lowest BCUT2D eigenvalue weighted by Crippen LogP contribution is -2.26. The van der Waals surface area contributed by atoms with E-state index in [1.165, 1.54) is 12.8 Å². The molecule has 27 heavy (non-hydrogen) atoms. The number of hydrogen-bond acceptors (Lipinski definition) is 4. The maximum atomic E-state index is 12.1. The van der Waals surface area contributed by atoms with Crippen LogP contribution in [0, 0.1) is 0 Å². The lowest BCUT2D eigenvalue weighted by molar-refractivity contribution is -0.146. The van der Waals surface area contributed by atoms with Crippen LogP contribution in [-0.4, -0.2) is 23.9 Å². The summed E-state index contributed by atoms with van der Waals surface area (Å²) >= 11 is 5.45. The van der Waals surface area contributed by atoms with Crippen LogP contribution in [0.25, 0.3) is 11.1 Å². The number of benzene rings is 2. The van der Waals surface area contributed by atoms with Crippen LogP contribution in [-0.2, 0) is 9.53 Å². The Morgan fingerprint density at radius 3 is 2.07 bits per heavy atom. The molecule has 0 saturated heterocycles. The fourth-order valence-corrected chi connectivity index (χ4v) is 2.69. The van der Waals surface area contributed by atoms with Gasteiger partial charge in [0, 0.05) is 12.2 Å². The van der Waals surface area contributed by atoms with Crippen LogP contribution < -0.4 is 4.74 Å². The first-order valence-electron chi connectivity index (χ1n) is 9.25. The van der Waals surface area contributed by atoms with Crippen molar-refractivity contribution in [2.75, 3.05) is 6.61 Å². The van der Waals surface area contributed by atoms with Crippen molar-refractivity contribution in [3.8, 4) is 16.9 Å². The fraction of sp³-hybridized carbons (Fsp3) is 0.364. The summed E-state index contributed by atoms with van der Waals surface area (Å²) in [5.41, 5.74) is 2.34. The van der Waals surface area contributed by atoms with E-state index in [1.54, 1.807) is 31.2 Å². The van der Waals surface area contributed by atoms with Gasteiger partial charge in [-0.3, -0.25) is 4.79 Å². The van der Waals surface area contributed by atoms with Gasteiger partial charge in [-0.25, -0.2) is 4.79 Å². The Balaban J connectivity index is 1.87. The predicted molar refractivity (Wildman–Crippen MR) is 107 cm³/mol. The Labute approximate surface area is 165 Å². The molecular formula is C22H25ClO4. The summed E-state index contributed by atoms with van der Waals surface area (Å²) < 4.78 is 10.9. The minimum absolute atomic E-state index is 0.400. The molecule has 5 heteroatoms. The van der Waals surface area contributed by atoms with E-state index < -0.39 is 17.3 Å². The second-order valence-electron chi connectivity index (χ2n) is 6.37. The summed E-state index contributed by atoms with van der Waals surface area (Å²) in [5, 5.41) is -0.481. The highest BCUT2D eigenvalue weighted by Gasteiger charge is 2.15. The highest BCUT2D eigenvalue weighted by molar-refractivity contribution is 6.67. The number of esters is 1. The number of carbonyl (C=O) groups is 2. The predicted octanol–water partition coefficient (Wildman–Crippen LogP) is 5.62. The largest absolute Gasteiger partial charge is 0.425 e. The molecule has 0 fully saturated rings. The van der Waals surface area contributed by atoms with E-state index in [-0.39, 0.29) is 0 Å². The molecule has 0 N–H and O–H groups in total. The average molecular weight is 389 g/mol. The van der Waals surface area contributed by atoms with E-state index in [9.17, 15) is 9.59 Å². The van der Waals surface area contributed by atoms with E-state index in [1.807, 2.05) is 24.3 Å². The van der Waals surface area contributed by atoms with Crippen molar-refractivity contribution >= 4 is 22.8 Å². The van der Waals surface area contributed by atoms with Crippen molar-refractivity contribution in [2.24, 2.45) is 0 Å². The van der Waals surface area contributed by atoms with Crippen LogP contribution in [0.5, 0.6) is 5.75 Å². The number of carbonyl (C=O) groups excluding carboxylic acids is 2. The van der Waals surface area contributed by atoms with Crippen LogP contribution in [0.4, 0.5) is 0 Å². The molecule has 0 aliphatic heterocycles. The first-order valence-corrected chi connectivity index (χ1v) is 9.62. The molecule has 0 radical (unpaired) electrons. The second kappa shape index (κ2) is 10.9. The average Bonchev–Trinajstić information content (AvgIpc) is 2.68. The standard InChI is InChI=1S/C22H25ClO4/c1-3-4-5-6-15-26-16(2)22(25)27-20-13-11-18(12-14-20)17-7-9-19(10-8-17)21(23)24/h7-14,16H,3-6,15H2,1-2H3. The molecule has 0 amide bonds. The Morgan fingerprint density at radius 1 is 0.926 bits per heavy atom. The first-order chi connectivity index (χ1) is 13.0. The molecule has 0 heterocycles. The molecule has 0 aromatic heterocycles. The molecule has 0 spiro atoms. The Morgan fingerprint density at radius 2 is 1.52 bits per heavy atom. The summed E-state index contributed by atoms with van der Waals surface area (Å²) in [6.07, 6.45) is 3.82. The zero-order valence-electron chi connectivity index (χ0n) is 15.7. The molecule has 0 aliphatic carbocycles. The van der Waals surface area contributed by atoms with Crippen molar-refractivity contribution in [2.45, 2.75) is 45.6 Å². The molecule has 2 aromatic rings. The summed E-state index contributed by atoms with van der Waals surface area (Å²) in [5.74, 6) is 0.0703. The summed E-state index contributed by atoms with van der Waals surface area (Å²) in [6, 6.07) is 14.2. The molecule has 0 aliphatic rings. The summed E-state index contributed by atoms with van der Waals surface area (Å²) in [7, 11) is 0. The first kappa shape index (κ1) is 21.1. The van der Waals surface area contributed by atoms with Gasteiger partial charge in [-0.2, -0.15) is 0 Å². The maximum Gasteiger partial charge on any atom is 0.340 e. The summed E-state index contributed by atoms with van der Waals surface area (Å²) in [6.45, 7) is 4.42. The lowest BCUT2D eigenvalue weighted by Gasteiger charge is -2.12. The Bertz CT molecular complexity index is 738. The minimum Gasteiger partial charge on any atom is -0.425 e. The van der Waals surface area contributed by atoms with E-state index >= 15 is 0 Å². The fourth-order valence-electron chi connectivity index (χ4n) is 2.57. The molecule has 2 aromatic carbocycles. The van der Waals surface area contributed by atoms with E-state index in [2.05, 4.69) is 6.92 Å². The van der Waals surface area contributed by atoms with Crippen LogP contribution >= 0.6 is 11.6 Å². The molecule has 2 rings (SSSR count). The molecule has 144 valence electrons.